The molecule has 0 spiro atoms. The predicted octanol–water partition coefficient (Wildman–Crippen LogP) is 4.60. The molecule has 13 heteroatoms. The number of ether oxygens (including phenoxy) is 1. The van der Waals surface area contributed by atoms with Crippen LogP contribution in [-0.2, 0) is 19.2 Å². The number of alkyl halides is 3. The van der Waals surface area contributed by atoms with Crippen LogP contribution in [0.15, 0.2) is 48.0 Å². The molecule has 214 valence electrons. The Balaban J connectivity index is 1.55. The second-order valence-electron chi connectivity index (χ2n) is 10.9. The van der Waals surface area contributed by atoms with Crippen LogP contribution in [0.4, 0.5) is 23.2 Å². The highest BCUT2D eigenvalue weighted by molar-refractivity contribution is 6.31. The van der Waals surface area contributed by atoms with Crippen LogP contribution in [0.1, 0.15) is 31.2 Å². The molecule has 0 aromatic heterocycles. The second kappa shape index (κ2) is 9.04. The highest BCUT2D eigenvalue weighted by Gasteiger charge is 2.67. The van der Waals surface area contributed by atoms with Crippen LogP contribution in [-0.4, -0.2) is 35.1 Å². The van der Waals surface area contributed by atoms with E-state index in [-0.39, 0.29) is 29.1 Å². The number of rotatable bonds is 3. The van der Waals surface area contributed by atoms with Crippen molar-refractivity contribution in [2.75, 3.05) is 4.90 Å². The van der Waals surface area contributed by atoms with E-state index in [4.69, 9.17) is 11.6 Å². The first kappa shape index (κ1) is 27.3. The zero-order chi connectivity index (χ0) is 29.6. The number of hydrogen-bond acceptors (Lipinski definition) is 6. The zero-order valence-electron chi connectivity index (χ0n) is 21.2. The van der Waals surface area contributed by atoms with Gasteiger partial charge in [-0.15, -0.1) is 13.2 Å². The summed E-state index contributed by atoms with van der Waals surface area (Å²) in [5.41, 5.74) is -1.32. The monoisotopic (exact) mass is 592 g/mol. The molecule has 4 aliphatic rings. The smallest absolute Gasteiger partial charge is 0.508 e. The van der Waals surface area contributed by atoms with Crippen LogP contribution in [0.5, 0.6) is 11.5 Å². The summed E-state index contributed by atoms with van der Waals surface area (Å²) in [4.78, 5) is 54.4. The molecular weight excluding hydrogens is 572 g/mol. The maximum Gasteiger partial charge on any atom is 0.573 e. The van der Waals surface area contributed by atoms with Crippen LogP contribution in [0.25, 0.3) is 0 Å². The van der Waals surface area contributed by atoms with E-state index in [0.29, 0.717) is 5.57 Å². The molecular formula is C28H21ClF4N2O6. The van der Waals surface area contributed by atoms with Crippen molar-refractivity contribution in [2.45, 2.75) is 32.0 Å². The van der Waals surface area contributed by atoms with Gasteiger partial charge < -0.3 is 9.84 Å². The molecule has 0 bridgehead atoms. The van der Waals surface area contributed by atoms with Crippen molar-refractivity contribution >= 4 is 40.9 Å². The second-order valence-corrected chi connectivity index (χ2v) is 11.3. The van der Waals surface area contributed by atoms with E-state index >= 15 is 0 Å². The van der Waals surface area contributed by atoms with Gasteiger partial charge in [0.05, 0.1) is 33.9 Å². The number of halogens is 5. The Hall–Kier alpha value is -3.93. The molecule has 2 aromatic carbocycles. The van der Waals surface area contributed by atoms with E-state index in [1.54, 1.807) is 6.08 Å². The molecule has 0 radical (unpaired) electrons. The lowest BCUT2D eigenvalue weighted by atomic mass is 9.51. The molecule has 0 unspecified atom stereocenters. The van der Waals surface area contributed by atoms with Gasteiger partial charge >= 0.3 is 6.36 Å². The molecule has 8 nitrogen and oxygen atoms in total. The summed E-state index contributed by atoms with van der Waals surface area (Å²) >= 11 is 5.93. The molecule has 2 saturated heterocycles. The number of hydrogen-bond donors (Lipinski definition) is 2. The number of phenols is 1. The summed E-state index contributed by atoms with van der Waals surface area (Å²) < 4.78 is 57.3. The van der Waals surface area contributed by atoms with Gasteiger partial charge in [-0.3, -0.25) is 24.5 Å². The van der Waals surface area contributed by atoms with Crippen molar-refractivity contribution in [2.24, 2.45) is 29.1 Å². The molecule has 41 heavy (non-hydrogen) atoms. The van der Waals surface area contributed by atoms with Crippen molar-refractivity contribution in [1.29, 1.82) is 0 Å². The summed E-state index contributed by atoms with van der Waals surface area (Å²) in [7, 11) is 0. The Morgan fingerprint density at radius 1 is 1.07 bits per heavy atom. The Morgan fingerprint density at radius 2 is 1.80 bits per heavy atom. The third-order valence-electron chi connectivity index (χ3n) is 8.82. The molecule has 2 aliphatic carbocycles. The molecule has 3 fully saturated rings. The average Bonchev–Trinajstić information content (AvgIpc) is 3.29. The SMILES string of the molecule is C[C@@]12C(=O)N(c3ccc(F)c(Cl)c3)C(=O)[C@@H]1C[C@@H]1C(=CC[C@@H]3C(=O)NC(=O)[C@@H]31)[C@@H]2c1cc(OC(F)(F)F)ccc1O. The minimum atomic E-state index is -5.05. The lowest BCUT2D eigenvalue weighted by Crippen LogP contribution is -2.48. The number of amides is 4. The van der Waals surface area contributed by atoms with Crippen molar-refractivity contribution in [3.63, 3.8) is 0 Å². The quantitative estimate of drug-likeness (QED) is 0.306. The van der Waals surface area contributed by atoms with Crippen LogP contribution in [0.3, 0.4) is 0 Å². The van der Waals surface area contributed by atoms with Gasteiger partial charge in [0.1, 0.15) is 17.3 Å². The van der Waals surface area contributed by atoms with Gasteiger partial charge in [0, 0.05) is 11.5 Å². The lowest BCUT2D eigenvalue weighted by molar-refractivity contribution is -0.274. The molecule has 2 aromatic rings. The number of aromatic hydroxyl groups is 1. The molecule has 4 amide bonds. The Bertz CT molecular complexity index is 1580. The van der Waals surface area contributed by atoms with Crippen LogP contribution in [0, 0.1) is 34.9 Å². The van der Waals surface area contributed by atoms with E-state index < -0.39 is 82.3 Å². The number of phenolic OH excluding ortho intramolecular Hbond substituents is 1. The Kier molecular flexibility index (Phi) is 6.01. The highest BCUT2D eigenvalue weighted by atomic mass is 35.5. The maximum absolute atomic E-state index is 14.2. The Labute approximate surface area is 234 Å². The van der Waals surface area contributed by atoms with Crippen molar-refractivity contribution in [3.05, 3.63) is 64.5 Å². The number of fused-ring (bicyclic) bond motifs is 4. The largest absolute Gasteiger partial charge is 0.573 e. The third kappa shape index (κ3) is 4.02. The molecule has 1 saturated carbocycles. The molecule has 6 rings (SSSR count). The lowest BCUT2D eigenvalue weighted by Gasteiger charge is -2.49. The van der Waals surface area contributed by atoms with Crippen molar-refractivity contribution in [3.8, 4) is 11.5 Å². The highest BCUT2D eigenvalue weighted by Crippen LogP contribution is 2.64. The van der Waals surface area contributed by atoms with Gasteiger partial charge in [-0.25, -0.2) is 9.29 Å². The van der Waals surface area contributed by atoms with E-state index in [0.717, 1.165) is 35.2 Å². The number of nitrogens with zero attached hydrogens (tertiary/aromatic N) is 1. The molecule has 2 aliphatic heterocycles. The molecule has 6 atom stereocenters. The average molecular weight is 593 g/mol. The van der Waals surface area contributed by atoms with Gasteiger partial charge in [-0.1, -0.05) is 23.3 Å². The summed E-state index contributed by atoms with van der Waals surface area (Å²) in [6.07, 6.45) is -3.28. The fourth-order valence-corrected chi connectivity index (χ4v) is 7.28. The number of carbonyl (C=O) groups is 4. The standard InChI is InChI=1S/C28H21ClF4N2O6/c1-27-17(25(39)35(26(27)40)11-2-6-19(30)18(29)8-11)10-15-13(4-5-14-21(15)24(38)34-23(14)37)22(27)16-9-12(3-7-20(16)36)41-28(31,32)33/h2-4,6-9,14-15,17,21-22,36H,5,10H2,1H3,(H,34,37,38)/t14-,15+,17-,21-,22+,27+/m0/s1. The normalized spacial score (nSPS) is 30.9. The zero-order valence-corrected chi connectivity index (χ0v) is 21.9. The summed E-state index contributed by atoms with van der Waals surface area (Å²) in [5, 5.41) is 12.9. The predicted molar refractivity (Wildman–Crippen MR) is 134 cm³/mol. The van der Waals surface area contributed by atoms with Crippen LogP contribution >= 0.6 is 11.6 Å². The molecule has 2 heterocycles. The van der Waals surface area contributed by atoms with Gasteiger partial charge in [-0.05, 0) is 62.1 Å². The maximum atomic E-state index is 14.2. The van der Waals surface area contributed by atoms with Crippen molar-refractivity contribution < 1.29 is 46.6 Å². The summed E-state index contributed by atoms with van der Waals surface area (Å²) in [5.74, 6) is -8.94. The first-order valence-corrected chi connectivity index (χ1v) is 13.1. The number of allylic oxidation sites excluding steroid dienone is 2. The first-order chi connectivity index (χ1) is 19.2. The summed E-state index contributed by atoms with van der Waals surface area (Å²) in [6.45, 7) is 1.48. The van der Waals surface area contributed by atoms with Gasteiger partial charge in [-0.2, -0.15) is 0 Å². The van der Waals surface area contributed by atoms with E-state index in [2.05, 4.69) is 10.1 Å². The number of anilines is 1. The molecule has 2 N–H and O–H groups in total. The van der Waals surface area contributed by atoms with Gasteiger partial charge in [0.25, 0.3) is 0 Å². The van der Waals surface area contributed by atoms with E-state index in [9.17, 15) is 41.8 Å². The topological polar surface area (TPSA) is 113 Å². The minimum Gasteiger partial charge on any atom is -0.508 e. The van der Waals surface area contributed by atoms with Crippen molar-refractivity contribution in [1.82, 2.24) is 5.32 Å². The first-order valence-electron chi connectivity index (χ1n) is 12.7. The number of benzene rings is 2. The van der Waals surface area contributed by atoms with Crippen LogP contribution in [0.2, 0.25) is 5.02 Å². The fraction of sp³-hybridized carbons (Fsp3) is 0.357. The van der Waals surface area contributed by atoms with E-state index in [1.165, 1.54) is 13.0 Å². The third-order valence-corrected chi connectivity index (χ3v) is 9.11. The van der Waals surface area contributed by atoms with Gasteiger partial charge in [0.2, 0.25) is 23.6 Å². The van der Waals surface area contributed by atoms with E-state index in [1.807, 2.05) is 0 Å². The Morgan fingerprint density at radius 3 is 2.49 bits per heavy atom. The summed E-state index contributed by atoms with van der Waals surface area (Å²) in [6, 6.07) is 6.17. The number of carbonyl (C=O) groups excluding carboxylic acids is 4. The number of nitrogens with one attached hydrogen (secondary N) is 1. The minimum absolute atomic E-state index is 0.0113. The van der Waals surface area contributed by atoms with Crippen LogP contribution < -0.4 is 15.0 Å². The van der Waals surface area contributed by atoms with Gasteiger partial charge in [0.15, 0.2) is 0 Å². The fourth-order valence-electron chi connectivity index (χ4n) is 7.10. The number of imide groups is 2.